The number of aryl methyl sites for hydroxylation is 1. The first-order chi connectivity index (χ1) is 8.08. The fraction of sp³-hybridized carbons (Fsp3) is 0.500. The van der Waals surface area contributed by atoms with Gasteiger partial charge in [-0.3, -0.25) is 14.7 Å². The zero-order valence-electron chi connectivity index (χ0n) is 9.76. The van der Waals surface area contributed by atoms with Crippen molar-refractivity contribution >= 4 is 5.97 Å². The Hall–Kier alpha value is -1.62. The number of hydrogen-bond donors (Lipinski definition) is 2. The van der Waals surface area contributed by atoms with Gasteiger partial charge in [0, 0.05) is 12.2 Å². The highest BCUT2D eigenvalue weighted by Crippen LogP contribution is 2.23. The number of aliphatic carboxylic acids is 1. The summed E-state index contributed by atoms with van der Waals surface area (Å²) in [5.74, 6) is -0.665. The number of carbonyl (C=O) groups is 1. The Labute approximate surface area is 99.7 Å². The lowest BCUT2D eigenvalue weighted by atomic mass is 10.2. The van der Waals surface area contributed by atoms with E-state index in [9.17, 15) is 9.90 Å². The minimum absolute atomic E-state index is 0.131. The van der Waals surface area contributed by atoms with Crippen LogP contribution >= 0.6 is 0 Å². The molecule has 0 radical (unpaired) electrons. The predicted octanol–water partition coefficient (Wildman–Crippen LogP) is 1.14. The van der Waals surface area contributed by atoms with Gasteiger partial charge in [0.25, 0.3) is 0 Å². The third-order valence-electron chi connectivity index (χ3n) is 3.09. The maximum absolute atomic E-state index is 11.0. The first kappa shape index (κ1) is 11.9. The van der Waals surface area contributed by atoms with Crippen LogP contribution in [0.25, 0.3) is 0 Å². The van der Waals surface area contributed by atoms with Gasteiger partial charge in [-0.05, 0) is 38.4 Å². The van der Waals surface area contributed by atoms with E-state index in [0.29, 0.717) is 18.7 Å². The van der Waals surface area contributed by atoms with Gasteiger partial charge in [-0.1, -0.05) is 0 Å². The van der Waals surface area contributed by atoms with Crippen LogP contribution in [0, 0.1) is 6.92 Å². The maximum atomic E-state index is 11.0. The number of carboxylic acids is 1. The second kappa shape index (κ2) is 4.71. The van der Waals surface area contributed by atoms with Gasteiger partial charge >= 0.3 is 5.97 Å². The van der Waals surface area contributed by atoms with E-state index in [1.807, 2.05) is 11.8 Å². The molecule has 1 aliphatic rings. The van der Waals surface area contributed by atoms with E-state index in [1.54, 1.807) is 12.1 Å². The number of hydrogen-bond acceptors (Lipinski definition) is 4. The minimum atomic E-state index is -0.797. The molecule has 1 atom stereocenters. The molecule has 1 aromatic heterocycles. The topological polar surface area (TPSA) is 73.7 Å². The molecule has 0 aliphatic carbocycles. The smallest absolute Gasteiger partial charge is 0.320 e. The Bertz CT molecular complexity index is 434. The molecule has 1 aromatic rings. The highest BCUT2D eigenvalue weighted by Gasteiger charge is 2.31. The molecule has 5 nitrogen and oxygen atoms in total. The molecule has 1 saturated heterocycles. The molecule has 92 valence electrons. The van der Waals surface area contributed by atoms with Crippen LogP contribution in [0.1, 0.15) is 24.2 Å². The molecule has 2 N–H and O–H groups in total. The number of rotatable bonds is 3. The summed E-state index contributed by atoms with van der Waals surface area (Å²) in [6, 6.07) is 2.89. The van der Waals surface area contributed by atoms with Gasteiger partial charge < -0.3 is 10.2 Å². The Morgan fingerprint density at radius 3 is 3.06 bits per heavy atom. The number of carboxylic acid groups (broad SMARTS) is 1. The highest BCUT2D eigenvalue weighted by atomic mass is 16.4. The Morgan fingerprint density at radius 1 is 1.59 bits per heavy atom. The van der Waals surface area contributed by atoms with Crippen molar-refractivity contribution in [2.75, 3.05) is 6.54 Å². The normalized spacial score (nSPS) is 20.6. The number of aromatic hydroxyl groups is 1. The Balaban J connectivity index is 2.15. The van der Waals surface area contributed by atoms with Gasteiger partial charge in [-0.15, -0.1) is 0 Å². The van der Waals surface area contributed by atoms with Gasteiger partial charge in [-0.2, -0.15) is 0 Å². The second-order valence-electron chi connectivity index (χ2n) is 4.39. The summed E-state index contributed by atoms with van der Waals surface area (Å²) in [7, 11) is 0. The SMILES string of the molecule is Cc1ccc(O)c(CN2CCCC2C(=O)O)n1. The molecule has 1 aliphatic heterocycles. The van der Waals surface area contributed by atoms with Crippen LogP contribution in [0.15, 0.2) is 12.1 Å². The van der Waals surface area contributed by atoms with Gasteiger partial charge in [0.2, 0.25) is 0 Å². The van der Waals surface area contributed by atoms with Crippen LogP contribution in [0.3, 0.4) is 0 Å². The fourth-order valence-electron chi connectivity index (χ4n) is 2.21. The molecule has 0 amide bonds. The van der Waals surface area contributed by atoms with E-state index in [-0.39, 0.29) is 5.75 Å². The molecule has 2 rings (SSSR count). The third-order valence-corrected chi connectivity index (χ3v) is 3.09. The van der Waals surface area contributed by atoms with Crippen LogP contribution in [0.2, 0.25) is 0 Å². The number of nitrogens with zero attached hydrogens (tertiary/aromatic N) is 2. The predicted molar refractivity (Wildman–Crippen MR) is 61.7 cm³/mol. The quantitative estimate of drug-likeness (QED) is 0.823. The van der Waals surface area contributed by atoms with Crippen LogP contribution in [-0.2, 0) is 11.3 Å². The average molecular weight is 236 g/mol. The second-order valence-corrected chi connectivity index (χ2v) is 4.39. The molecule has 17 heavy (non-hydrogen) atoms. The number of likely N-dealkylation sites (tertiary alicyclic amines) is 1. The van der Waals surface area contributed by atoms with Crippen LogP contribution in [0.4, 0.5) is 0 Å². The molecular weight excluding hydrogens is 220 g/mol. The zero-order chi connectivity index (χ0) is 12.4. The van der Waals surface area contributed by atoms with Crippen molar-refractivity contribution in [1.82, 2.24) is 9.88 Å². The summed E-state index contributed by atoms with van der Waals surface area (Å²) < 4.78 is 0. The summed E-state index contributed by atoms with van der Waals surface area (Å²) in [5, 5.41) is 18.7. The lowest BCUT2D eigenvalue weighted by molar-refractivity contribution is -0.142. The Kier molecular flexibility index (Phi) is 3.28. The summed E-state index contributed by atoms with van der Waals surface area (Å²) >= 11 is 0. The number of pyridine rings is 1. The van der Waals surface area contributed by atoms with Crippen LogP contribution in [-0.4, -0.2) is 38.7 Å². The first-order valence-electron chi connectivity index (χ1n) is 5.70. The summed E-state index contributed by atoms with van der Waals surface area (Å²) in [6.07, 6.45) is 1.55. The van der Waals surface area contributed by atoms with Crippen LogP contribution in [0.5, 0.6) is 5.75 Å². The standard InChI is InChI=1S/C12H16N2O3/c1-8-4-5-11(15)9(13-8)7-14-6-2-3-10(14)12(16)17/h4-5,10,15H,2-3,6-7H2,1H3,(H,16,17). The molecule has 1 unspecified atom stereocenters. The van der Waals surface area contributed by atoms with Gasteiger partial charge in [0.1, 0.15) is 11.8 Å². The third kappa shape index (κ3) is 2.55. The lowest BCUT2D eigenvalue weighted by Crippen LogP contribution is -2.35. The highest BCUT2D eigenvalue weighted by molar-refractivity contribution is 5.73. The van der Waals surface area contributed by atoms with E-state index in [1.165, 1.54) is 0 Å². The van der Waals surface area contributed by atoms with Crippen molar-refractivity contribution in [3.8, 4) is 5.75 Å². The van der Waals surface area contributed by atoms with Crippen molar-refractivity contribution in [2.45, 2.75) is 32.4 Å². The zero-order valence-corrected chi connectivity index (χ0v) is 9.76. The van der Waals surface area contributed by atoms with Crippen molar-refractivity contribution in [3.05, 3.63) is 23.5 Å². The summed E-state index contributed by atoms with van der Waals surface area (Å²) in [5.41, 5.74) is 1.38. The summed E-state index contributed by atoms with van der Waals surface area (Å²) in [6.45, 7) is 2.98. The van der Waals surface area contributed by atoms with Gasteiger partial charge in [-0.25, -0.2) is 0 Å². The largest absolute Gasteiger partial charge is 0.506 e. The molecule has 0 aromatic carbocycles. The van der Waals surface area contributed by atoms with E-state index in [2.05, 4.69) is 4.98 Å². The summed E-state index contributed by atoms with van der Waals surface area (Å²) in [4.78, 5) is 17.1. The van der Waals surface area contributed by atoms with E-state index in [0.717, 1.165) is 18.7 Å². The minimum Gasteiger partial charge on any atom is -0.506 e. The molecular formula is C12H16N2O3. The molecule has 0 saturated carbocycles. The van der Waals surface area contributed by atoms with Gasteiger partial charge in [0.05, 0.1) is 5.69 Å². The Morgan fingerprint density at radius 2 is 2.35 bits per heavy atom. The van der Waals surface area contributed by atoms with Gasteiger partial charge in [0.15, 0.2) is 0 Å². The van der Waals surface area contributed by atoms with E-state index in [4.69, 9.17) is 5.11 Å². The van der Waals surface area contributed by atoms with E-state index >= 15 is 0 Å². The fourth-order valence-corrected chi connectivity index (χ4v) is 2.21. The molecule has 2 heterocycles. The monoisotopic (exact) mass is 236 g/mol. The lowest BCUT2D eigenvalue weighted by Gasteiger charge is -2.20. The molecule has 5 heteroatoms. The van der Waals surface area contributed by atoms with Crippen molar-refractivity contribution < 1.29 is 15.0 Å². The molecule has 0 spiro atoms. The molecule has 0 bridgehead atoms. The maximum Gasteiger partial charge on any atom is 0.320 e. The average Bonchev–Trinajstić information content (AvgIpc) is 2.71. The van der Waals surface area contributed by atoms with Crippen molar-refractivity contribution in [2.24, 2.45) is 0 Å². The van der Waals surface area contributed by atoms with Crippen LogP contribution < -0.4 is 0 Å². The first-order valence-corrected chi connectivity index (χ1v) is 5.70. The van der Waals surface area contributed by atoms with Crippen molar-refractivity contribution in [3.63, 3.8) is 0 Å². The molecule has 1 fully saturated rings. The van der Waals surface area contributed by atoms with E-state index < -0.39 is 12.0 Å². The van der Waals surface area contributed by atoms with Crippen molar-refractivity contribution in [1.29, 1.82) is 0 Å². The number of aromatic nitrogens is 1.